The predicted molar refractivity (Wildman–Crippen MR) is 83.9 cm³/mol. The molecule has 1 aliphatic rings. The fraction of sp³-hybridized carbons (Fsp3) is 0.529. The molecule has 0 heterocycles. The summed E-state index contributed by atoms with van der Waals surface area (Å²) in [6.45, 7) is 2.05. The number of amides is 1. The quantitative estimate of drug-likeness (QED) is 0.634. The topological polar surface area (TPSA) is 64.6 Å². The molecule has 1 aromatic rings. The number of hydrogen-bond acceptors (Lipinski definition) is 4. The Hall–Kier alpha value is -2.04. The van der Waals surface area contributed by atoms with E-state index >= 15 is 0 Å². The lowest BCUT2D eigenvalue weighted by Gasteiger charge is -2.10. The lowest BCUT2D eigenvalue weighted by atomic mass is 10.0. The molecule has 1 aromatic carbocycles. The second-order valence-corrected chi connectivity index (χ2v) is 5.54. The van der Waals surface area contributed by atoms with Crippen molar-refractivity contribution < 1.29 is 19.1 Å². The zero-order chi connectivity index (χ0) is 15.8. The highest BCUT2D eigenvalue weighted by atomic mass is 16.5. The maximum Gasteiger partial charge on any atom is 0.411 e. The molecule has 0 unspecified atom stereocenters. The van der Waals surface area contributed by atoms with Crippen LogP contribution >= 0.6 is 0 Å². The van der Waals surface area contributed by atoms with Gasteiger partial charge in [0, 0.05) is 18.2 Å². The summed E-state index contributed by atoms with van der Waals surface area (Å²) in [6.07, 6.45) is 5.84. The van der Waals surface area contributed by atoms with Gasteiger partial charge in [0.1, 0.15) is 5.75 Å². The number of benzene rings is 1. The van der Waals surface area contributed by atoms with Gasteiger partial charge in [-0.05, 0) is 31.4 Å². The summed E-state index contributed by atoms with van der Waals surface area (Å²) in [5, 5.41) is 2.58. The van der Waals surface area contributed by atoms with Crippen LogP contribution in [0.2, 0.25) is 0 Å². The van der Waals surface area contributed by atoms with E-state index in [2.05, 4.69) is 5.32 Å². The third-order valence-electron chi connectivity index (χ3n) is 3.82. The maximum absolute atomic E-state index is 11.9. The maximum atomic E-state index is 11.9. The fourth-order valence-electron chi connectivity index (χ4n) is 2.73. The van der Waals surface area contributed by atoms with E-state index < -0.39 is 6.09 Å². The molecule has 0 aromatic heterocycles. The Morgan fingerprint density at radius 1 is 1.27 bits per heavy atom. The van der Waals surface area contributed by atoms with Crippen molar-refractivity contribution in [3.8, 4) is 5.75 Å². The van der Waals surface area contributed by atoms with E-state index in [1.807, 2.05) is 0 Å². The number of ether oxygens (including phenoxy) is 2. The van der Waals surface area contributed by atoms with E-state index in [4.69, 9.17) is 9.47 Å². The van der Waals surface area contributed by atoms with Gasteiger partial charge in [-0.15, -0.1) is 0 Å². The fourth-order valence-corrected chi connectivity index (χ4v) is 2.73. The Kier molecular flexibility index (Phi) is 6.25. The Bertz CT molecular complexity index is 509. The van der Waals surface area contributed by atoms with Crippen LogP contribution in [-0.4, -0.2) is 18.7 Å². The summed E-state index contributed by atoms with van der Waals surface area (Å²) in [4.78, 5) is 23.2. The van der Waals surface area contributed by atoms with Gasteiger partial charge in [0.05, 0.1) is 6.61 Å². The van der Waals surface area contributed by atoms with Crippen molar-refractivity contribution in [1.29, 1.82) is 0 Å². The highest BCUT2D eigenvalue weighted by molar-refractivity contribution is 5.85. The van der Waals surface area contributed by atoms with Crippen LogP contribution in [0.1, 0.15) is 45.4 Å². The molecule has 0 saturated heterocycles. The zero-order valence-corrected chi connectivity index (χ0v) is 13.0. The van der Waals surface area contributed by atoms with Crippen molar-refractivity contribution in [3.63, 3.8) is 0 Å². The van der Waals surface area contributed by atoms with Crippen LogP contribution in [0.25, 0.3) is 0 Å². The van der Waals surface area contributed by atoms with Gasteiger partial charge in [0.15, 0.2) is 0 Å². The number of hydrogen-bond donors (Lipinski definition) is 1. The lowest BCUT2D eigenvalue weighted by molar-refractivity contribution is -0.134. The first kappa shape index (κ1) is 16.3. The number of carbonyl (C=O) groups excluding carboxylic acids is 2. The molecule has 0 spiro atoms. The Labute approximate surface area is 131 Å². The third-order valence-corrected chi connectivity index (χ3v) is 3.82. The molecule has 5 nitrogen and oxygen atoms in total. The molecule has 1 fully saturated rings. The summed E-state index contributed by atoms with van der Waals surface area (Å²) in [7, 11) is 0. The Balaban J connectivity index is 1.81. The average Bonchev–Trinajstić information content (AvgIpc) is 2.99. The van der Waals surface area contributed by atoms with Crippen LogP contribution in [0, 0.1) is 5.92 Å². The lowest BCUT2D eigenvalue weighted by Crippen LogP contribution is -2.13. The minimum Gasteiger partial charge on any atom is -0.450 e. The Morgan fingerprint density at radius 2 is 2.05 bits per heavy atom. The highest BCUT2D eigenvalue weighted by Gasteiger charge is 2.17. The molecule has 5 heteroatoms. The van der Waals surface area contributed by atoms with Gasteiger partial charge in [-0.1, -0.05) is 31.7 Å². The molecule has 0 radical (unpaired) electrons. The summed E-state index contributed by atoms with van der Waals surface area (Å²) in [5.74, 6) is 0.885. The smallest absolute Gasteiger partial charge is 0.411 e. The molecule has 0 aliphatic heterocycles. The number of rotatable bonds is 6. The van der Waals surface area contributed by atoms with Gasteiger partial charge in [0.25, 0.3) is 0 Å². The summed E-state index contributed by atoms with van der Waals surface area (Å²) >= 11 is 0. The van der Waals surface area contributed by atoms with Crippen LogP contribution in [0.5, 0.6) is 5.75 Å². The Morgan fingerprint density at radius 3 is 2.77 bits per heavy atom. The molecule has 0 atom stereocenters. The number of anilines is 1. The monoisotopic (exact) mass is 305 g/mol. The van der Waals surface area contributed by atoms with Crippen molar-refractivity contribution in [2.24, 2.45) is 5.92 Å². The standard InChI is InChI=1S/C17H23NO4/c1-2-21-17(20)18-14-8-5-9-15(12-14)22-16(19)11-10-13-6-3-4-7-13/h5,8-9,12-13H,2-4,6-7,10-11H2,1H3,(H,18,20). The van der Waals surface area contributed by atoms with E-state index in [-0.39, 0.29) is 5.97 Å². The first-order chi connectivity index (χ1) is 10.7. The van der Waals surface area contributed by atoms with E-state index in [1.54, 1.807) is 31.2 Å². The van der Waals surface area contributed by atoms with Crippen molar-refractivity contribution >= 4 is 17.7 Å². The van der Waals surface area contributed by atoms with Crippen LogP contribution in [0.3, 0.4) is 0 Å². The van der Waals surface area contributed by atoms with E-state index in [0.29, 0.717) is 30.4 Å². The third kappa shape index (κ3) is 5.39. The highest BCUT2D eigenvalue weighted by Crippen LogP contribution is 2.28. The zero-order valence-electron chi connectivity index (χ0n) is 13.0. The van der Waals surface area contributed by atoms with Crippen molar-refractivity contribution in [3.05, 3.63) is 24.3 Å². The summed E-state index contributed by atoms with van der Waals surface area (Å²) in [5.41, 5.74) is 0.541. The average molecular weight is 305 g/mol. The first-order valence-corrected chi connectivity index (χ1v) is 7.92. The van der Waals surface area contributed by atoms with Crippen molar-refractivity contribution in [1.82, 2.24) is 0 Å². The normalized spacial score (nSPS) is 14.6. The molecular formula is C17H23NO4. The molecular weight excluding hydrogens is 282 g/mol. The second kappa shape index (κ2) is 8.41. The predicted octanol–water partition coefficient (Wildman–Crippen LogP) is 4.13. The van der Waals surface area contributed by atoms with E-state index in [0.717, 1.165) is 6.42 Å². The molecule has 22 heavy (non-hydrogen) atoms. The van der Waals surface area contributed by atoms with Gasteiger partial charge in [-0.25, -0.2) is 4.79 Å². The van der Waals surface area contributed by atoms with Crippen molar-refractivity contribution in [2.45, 2.75) is 45.4 Å². The minimum atomic E-state index is -0.521. The number of nitrogens with one attached hydrogen (secondary N) is 1. The molecule has 2 rings (SSSR count). The van der Waals surface area contributed by atoms with Crippen molar-refractivity contribution in [2.75, 3.05) is 11.9 Å². The molecule has 120 valence electrons. The molecule has 1 amide bonds. The first-order valence-electron chi connectivity index (χ1n) is 7.92. The molecule has 0 bridgehead atoms. The SMILES string of the molecule is CCOC(=O)Nc1cccc(OC(=O)CCC2CCCC2)c1. The second-order valence-electron chi connectivity index (χ2n) is 5.54. The summed E-state index contributed by atoms with van der Waals surface area (Å²) < 4.78 is 10.1. The van der Waals surface area contributed by atoms with Crippen LogP contribution in [0.4, 0.5) is 10.5 Å². The van der Waals surface area contributed by atoms with E-state index in [9.17, 15) is 9.59 Å². The minimum absolute atomic E-state index is 0.222. The van der Waals surface area contributed by atoms with Gasteiger partial charge in [0.2, 0.25) is 0 Å². The summed E-state index contributed by atoms with van der Waals surface area (Å²) in [6, 6.07) is 6.75. The molecule has 1 saturated carbocycles. The van der Waals surface area contributed by atoms with Gasteiger partial charge in [-0.3, -0.25) is 10.1 Å². The molecule has 1 N–H and O–H groups in total. The van der Waals surface area contributed by atoms with Gasteiger partial charge >= 0.3 is 12.1 Å². The van der Waals surface area contributed by atoms with E-state index in [1.165, 1.54) is 25.7 Å². The van der Waals surface area contributed by atoms with Crippen LogP contribution < -0.4 is 10.1 Å². The molecule has 1 aliphatic carbocycles. The largest absolute Gasteiger partial charge is 0.450 e. The number of esters is 1. The van der Waals surface area contributed by atoms with Crippen LogP contribution in [-0.2, 0) is 9.53 Å². The van der Waals surface area contributed by atoms with Gasteiger partial charge in [-0.2, -0.15) is 0 Å². The van der Waals surface area contributed by atoms with Gasteiger partial charge < -0.3 is 9.47 Å². The number of carbonyl (C=O) groups is 2. The van der Waals surface area contributed by atoms with Crippen LogP contribution in [0.15, 0.2) is 24.3 Å².